The van der Waals surface area contributed by atoms with Gasteiger partial charge in [-0.1, -0.05) is 37.1 Å². The molecule has 1 aliphatic carbocycles. The van der Waals surface area contributed by atoms with Crippen LogP contribution in [0, 0.1) is 0 Å². The van der Waals surface area contributed by atoms with E-state index in [1.165, 1.54) is 11.1 Å². The molecule has 0 bridgehead atoms. The van der Waals surface area contributed by atoms with Crippen LogP contribution in [0.15, 0.2) is 24.3 Å². The van der Waals surface area contributed by atoms with Crippen molar-refractivity contribution in [3.8, 4) is 0 Å². The third-order valence-electron chi connectivity index (χ3n) is 5.39. The van der Waals surface area contributed by atoms with E-state index in [2.05, 4.69) is 46.7 Å². The van der Waals surface area contributed by atoms with E-state index < -0.39 is 6.10 Å². The van der Waals surface area contributed by atoms with Crippen LogP contribution in [-0.2, 0) is 13.0 Å². The molecule has 3 unspecified atom stereocenters. The second-order valence-corrected chi connectivity index (χ2v) is 7.15. The molecule has 1 aromatic rings. The van der Waals surface area contributed by atoms with Crippen molar-refractivity contribution in [1.82, 2.24) is 15.5 Å². The molecule has 3 N–H and O–H groups in total. The molecule has 1 aromatic carbocycles. The second kappa shape index (κ2) is 7.99. The average Bonchev–Trinajstić information content (AvgIpc) is 2.61. The summed E-state index contributed by atoms with van der Waals surface area (Å²) >= 11 is 0. The van der Waals surface area contributed by atoms with Gasteiger partial charge >= 0.3 is 6.03 Å². The lowest BCUT2D eigenvalue weighted by molar-refractivity contribution is 0.0939. The Kier molecular flexibility index (Phi) is 5.74. The Morgan fingerprint density at radius 1 is 1.29 bits per heavy atom. The van der Waals surface area contributed by atoms with E-state index in [0.717, 1.165) is 45.2 Å². The van der Waals surface area contributed by atoms with Crippen LogP contribution in [0.4, 0.5) is 4.79 Å². The Balaban J connectivity index is 1.44. The van der Waals surface area contributed by atoms with E-state index in [1.807, 2.05) is 0 Å². The number of benzene rings is 1. The Bertz CT molecular complexity index is 563. The zero-order chi connectivity index (χ0) is 16.9. The van der Waals surface area contributed by atoms with Gasteiger partial charge in [0.1, 0.15) is 0 Å². The highest BCUT2D eigenvalue weighted by molar-refractivity contribution is 5.74. The zero-order valence-electron chi connectivity index (χ0n) is 14.5. The second-order valence-electron chi connectivity index (χ2n) is 7.15. The van der Waals surface area contributed by atoms with Crippen LogP contribution in [0.2, 0.25) is 0 Å². The van der Waals surface area contributed by atoms with Gasteiger partial charge in [0.25, 0.3) is 0 Å². The predicted molar refractivity (Wildman–Crippen MR) is 94.8 cm³/mol. The number of hydrogen-bond donors (Lipinski definition) is 3. The molecule has 2 amide bonds. The van der Waals surface area contributed by atoms with Crippen molar-refractivity contribution < 1.29 is 9.90 Å². The van der Waals surface area contributed by atoms with E-state index in [1.54, 1.807) is 0 Å². The number of amides is 2. The average molecular weight is 331 g/mol. The maximum Gasteiger partial charge on any atom is 0.315 e. The number of aliphatic hydroxyl groups is 1. The number of nitrogens with zero attached hydrogens (tertiary/aromatic N) is 1. The fourth-order valence-corrected chi connectivity index (χ4v) is 3.76. The highest BCUT2D eigenvalue weighted by atomic mass is 16.3. The molecular formula is C19H29N3O2. The van der Waals surface area contributed by atoms with Gasteiger partial charge in [0.05, 0.1) is 12.1 Å². The minimum absolute atomic E-state index is 0.101. The zero-order valence-corrected chi connectivity index (χ0v) is 14.5. The number of nitrogens with one attached hydrogen (secondary N) is 2. The molecule has 5 heteroatoms. The first-order valence-electron chi connectivity index (χ1n) is 9.17. The topological polar surface area (TPSA) is 64.6 Å². The molecule has 0 aromatic heterocycles. The minimum Gasteiger partial charge on any atom is -0.391 e. The van der Waals surface area contributed by atoms with Crippen LogP contribution in [0.1, 0.15) is 43.7 Å². The predicted octanol–water partition coefficient (Wildman–Crippen LogP) is 2.04. The van der Waals surface area contributed by atoms with E-state index in [-0.39, 0.29) is 12.1 Å². The molecule has 1 heterocycles. The van der Waals surface area contributed by atoms with E-state index >= 15 is 0 Å². The first-order chi connectivity index (χ1) is 11.6. The number of carbonyl (C=O) groups excluding carboxylic acids is 1. The fourth-order valence-electron chi connectivity index (χ4n) is 3.76. The minimum atomic E-state index is -0.402. The van der Waals surface area contributed by atoms with Gasteiger partial charge in [0.15, 0.2) is 0 Å². The first-order valence-corrected chi connectivity index (χ1v) is 9.17. The van der Waals surface area contributed by atoms with Crippen LogP contribution in [0.3, 0.4) is 0 Å². The van der Waals surface area contributed by atoms with Crippen molar-refractivity contribution in [2.75, 3.05) is 13.1 Å². The van der Waals surface area contributed by atoms with Gasteiger partial charge in [-0.05, 0) is 37.3 Å². The van der Waals surface area contributed by atoms with Gasteiger partial charge in [-0.15, -0.1) is 0 Å². The van der Waals surface area contributed by atoms with Gasteiger partial charge in [-0.2, -0.15) is 0 Å². The molecule has 1 saturated carbocycles. The molecule has 3 atom stereocenters. The number of hydrogen-bond acceptors (Lipinski definition) is 3. The molecule has 0 spiro atoms. The smallest absolute Gasteiger partial charge is 0.315 e. The van der Waals surface area contributed by atoms with Gasteiger partial charge in [-0.3, -0.25) is 4.90 Å². The first kappa shape index (κ1) is 17.2. The van der Waals surface area contributed by atoms with Crippen molar-refractivity contribution in [3.05, 3.63) is 35.4 Å². The van der Waals surface area contributed by atoms with Gasteiger partial charge < -0.3 is 15.7 Å². The highest BCUT2D eigenvalue weighted by Gasteiger charge is 2.25. The maximum atomic E-state index is 12.1. The van der Waals surface area contributed by atoms with Crippen LogP contribution in [0.25, 0.3) is 0 Å². The summed E-state index contributed by atoms with van der Waals surface area (Å²) < 4.78 is 0. The summed E-state index contributed by atoms with van der Waals surface area (Å²) in [5, 5.41) is 15.8. The highest BCUT2D eigenvalue weighted by Crippen LogP contribution is 2.20. The van der Waals surface area contributed by atoms with Crippen molar-refractivity contribution in [1.29, 1.82) is 0 Å². The number of carbonyl (C=O) groups is 1. The molecule has 132 valence electrons. The molecule has 0 radical (unpaired) electrons. The van der Waals surface area contributed by atoms with E-state index in [4.69, 9.17) is 0 Å². The third kappa shape index (κ3) is 4.28. The van der Waals surface area contributed by atoms with Crippen molar-refractivity contribution in [2.45, 2.75) is 63.8 Å². The summed E-state index contributed by atoms with van der Waals surface area (Å²) in [6.07, 6.45) is 4.45. The van der Waals surface area contributed by atoms with Crippen molar-refractivity contribution >= 4 is 6.03 Å². The Morgan fingerprint density at radius 3 is 2.83 bits per heavy atom. The van der Waals surface area contributed by atoms with Gasteiger partial charge in [-0.25, -0.2) is 4.79 Å². The monoisotopic (exact) mass is 331 g/mol. The Morgan fingerprint density at radius 2 is 2.04 bits per heavy atom. The third-order valence-corrected chi connectivity index (χ3v) is 5.39. The maximum absolute atomic E-state index is 12.1. The SMILES string of the molecule is CC(CNC(=O)NC1CCCCC1O)N1CCc2ccccc2C1. The van der Waals surface area contributed by atoms with E-state index in [0.29, 0.717) is 12.6 Å². The number of aliphatic hydroxyl groups excluding tert-OH is 1. The summed E-state index contributed by atoms with van der Waals surface area (Å²) in [7, 11) is 0. The van der Waals surface area contributed by atoms with E-state index in [9.17, 15) is 9.90 Å². The molecule has 0 saturated heterocycles. The van der Waals surface area contributed by atoms with Crippen LogP contribution in [0.5, 0.6) is 0 Å². The lowest BCUT2D eigenvalue weighted by Gasteiger charge is -2.34. The van der Waals surface area contributed by atoms with Crippen LogP contribution < -0.4 is 10.6 Å². The quantitative estimate of drug-likeness (QED) is 0.791. The summed E-state index contributed by atoms with van der Waals surface area (Å²) in [5.41, 5.74) is 2.84. The van der Waals surface area contributed by atoms with Crippen LogP contribution >= 0.6 is 0 Å². The molecule has 3 rings (SSSR count). The lowest BCUT2D eigenvalue weighted by Crippen LogP contribution is -2.51. The summed E-state index contributed by atoms with van der Waals surface area (Å²) in [6.45, 7) is 4.76. The Labute approximate surface area is 144 Å². The van der Waals surface area contributed by atoms with Crippen LogP contribution in [-0.4, -0.2) is 47.3 Å². The number of urea groups is 1. The molecule has 24 heavy (non-hydrogen) atoms. The normalized spacial score (nSPS) is 25.6. The summed E-state index contributed by atoms with van der Waals surface area (Å²) in [5.74, 6) is 0. The number of fused-ring (bicyclic) bond motifs is 1. The summed E-state index contributed by atoms with van der Waals surface area (Å²) in [6, 6.07) is 8.62. The molecule has 1 fully saturated rings. The fraction of sp³-hybridized carbons (Fsp3) is 0.632. The van der Waals surface area contributed by atoms with Gasteiger partial charge in [0, 0.05) is 25.7 Å². The summed E-state index contributed by atoms with van der Waals surface area (Å²) in [4.78, 5) is 14.5. The van der Waals surface area contributed by atoms with Crippen molar-refractivity contribution in [3.63, 3.8) is 0 Å². The largest absolute Gasteiger partial charge is 0.391 e. The standard InChI is InChI=1S/C19H29N3O2/c1-14(22-11-10-15-6-2-3-7-16(15)13-22)12-20-19(24)21-17-8-4-5-9-18(17)23/h2-3,6-7,14,17-18,23H,4-5,8-13H2,1H3,(H2,20,21,24). The molecular weight excluding hydrogens is 302 g/mol. The molecule has 1 aliphatic heterocycles. The number of rotatable bonds is 4. The lowest BCUT2D eigenvalue weighted by atomic mass is 9.93. The Hall–Kier alpha value is -1.59. The van der Waals surface area contributed by atoms with Gasteiger partial charge in [0.2, 0.25) is 0 Å². The van der Waals surface area contributed by atoms with Crippen molar-refractivity contribution in [2.24, 2.45) is 0 Å². The molecule has 5 nitrogen and oxygen atoms in total. The molecule has 2 aliphatic rings.